The maximum atomic E-state index is 13.4. The van der Waals surface area contributed by atoms with E-state index in [1.54, 1.807) is 11.3 Å². The molecule has 0 aliphatic heterocycles. The molecule has 33 heavy (non-hydrogen) atoms. The quantitative estimate of drug-likeness (QED) is 0.501. The molecule has 0 aliphatic rings. The Morgan fingerprint density at radius 1 is 1.18 bits per heavy atom. The Labute approximate surface area is 197 Å². The highest BCUT2D eigenvalue weighted by molar-refractivity contribution is 7.10. The summed E-state index contributed by atoms with van der Waals surface area (Å²) in [6, 6.07) is 11.4. The molecule has 3 rings (SSSR count). The van der Waals surface area contributed by atoms with Crippen LogP contribution in [-0.2, 0) is 17.9 Å². The van der Waals surface area contributed by atoms with Crippen molar-refractivity contribution in [3.63, 3.8) is 0 Å². The van der Waals surface area contributed by atoms with Crippen LogP contribution in [0, 0.1) is 12.8 Å². The van der Waals surface area contributed by atoms with Gasteiger partial charge in [0.1, 0.15) is 5.82 Å². The molecule has 3 N–H and O–H groups in total. The summed E-state index contributed by atoms with van der Waals surface area (Å²) in [5.41, 5.74) is 7.14. The molecule has 0 saturated heterocycles. The van der Waals surface area contributed by atoms with Crippen LogP contribution in [0.25, 0.3) is 0 Å². The van der Waals surface area contributed by atoms with E-state index < -0.39 is 11.2 Å². The monoisotopic (exact) mass is 469 g/mol. The number of nitrogens with zero attached hydrogens (tertiary/aromatic N) is 3. The molecule has 0 aliphatic carbocycles. The lowest BCUT2D eigenvalue weighted by atomic mass is 10.2. The predicted octanol–water partition coefficient (Wildman–Crippen LogP) is 2.66. The number of nitrogens with one attached hydrogen (secondary N) is 1. The number of aromatic amines is 1. The zero-order valence-corrected chi connectivity index (χ0v) is 20.3. The van der Waals surface area contributed by atoms with E-state index in [1.165, 1.54) is 19.9 Å². The summed E-state index contributed by atoms with van der Waals surface area (Å²) < 4.78 is 1.30. The van der Waals surface area contributed by atoms with Gasteiger partial charge in [-0.2, -0.15) is 0 Å². The third-order valence-corrected chi connectivity index (χ3v) is 6.31. The number of rotatable bonds is 9. The van der Waals surface area contributed by atoms with Crippen molar-refractivity contribution in [2.75, 3.05) is 30.8 Å². The minimum atomic E-state index is -0.660. The lowest BCUT2D eigenvalue weighted by Gasteiger charge is -2.28. The molecule has 9 heteroatoms. The van der Waals surface area contributed by atoms with E-state index in [-0.39, 0.29) is 36.4 Å². The van der Waals surface area contributed by atoms with Gasteiger partial charge in [0.25, 0.3) is 5.56 Å². The third kappa shape index (κ3) is 6.00. The summed E-state index contributed by atoms with van der Waals surface area (Å²) in [5.74, 6) is -0.173. The molecular formula is C24H31N5O3S. The number of carbonyl (C=O) groups is 1. The molecule has 0 bridgehead atoms. The Kier molecular flexibility index (Phi) is 7.88. The summed E-state index contributed by atoms with van der Waals surface area (Å²) in [6.45, 7) is 7.21. The SMILES string of the molecule is Cc1ccsc1CN(C)CC(=O)N(CC(C)C)c1c(N)n(Cc2ccccc2)c(=O)[nH]c1=O. The molecule has 2 aromatic heterocycles. The Morgan fingerprint density at radius 2 is 1.88 bits per heavy atom. The molecule has 0 spiro atoms. The molecule has 1 aromatic carbocycles. The Bertz CT molecular complexity index is 1210. The summed E-state index contributed by atoms with van der Waals surface area (Å²) in [6.07, 6.45) is 0. The Hall–Kier alpha value is -3.17. The van der Waals surface area contributed by atoms with Crippen molar-refractivity contribution in [1.82, 2.24) is 14.5 Å². The topological polar surface area (TPSA) is 104 Å². The highest BCUT2D eigenvalue weighted by atomic mass is 32.1. The summed E-state index contributed by atoms with van der Waals surface area (Å²) in [5, 5.41) is 2.03. The van der Waals surface area contributed by atoms with Crippen LogP contribution in [0.1, 0.15) is 29.9 Å². The van der Waals surface area contributed by atoms with Gasteiger partial charge >= 0.3 is 5.69 Å². The van der Waals surface area contributed by atoms with Crippen LogP contribution in [0.2, 0.25) is 0 Å². The number of likely N-dealkylation sites (N-methyl/N-ethyl adjacent to an activating group) is 1. The van der Waals surface area contributed by atoms with Gasteiger partial charge in [-0.1, -0.05) is 44.2 Å². The van der Waals surface area contributed by atoms with Gasteiger partial charge in [-0.3, -0.25) is 24.0 Å². The van der Waals surface area contributed by atoms with Crippen molar-refractivity contribution < 1.29 is 4.79 Å². The summed E-state index contributed by atoms with van der Waals surface area (Å²) in [4.78, 5) is 45.6. The zero-order chi connectivity index (χ0) is 24.1. The number of benzene rings is 1. The number of nitrogens with two attached hydrogens (primary N) is 1. The third-order valence-electron chi connectivity index (χ3n) is 5.30. The Morgan fingerprint density at radius 3 is 2.48 bits per heavy atom. The second kappa shape index (κ2) is 10.6. The number of nitrogen functional groups attached to an aromatic ring is 1. The number of carbonyl (C=O) groups excluding carboxylic acids is 1. The van der Waals surface area contributed by atoms with Gasteiger partial charge in [-0.05, 0) is 42.5 Å². The predicted molar refractivity (Wildman–Crippen MR) is 134 cm³/mol. The number of H-pyrrole nitrogens is 1. The van der Waals surface area contributed by atoms with Crippen molar-refractivity contribution in [1.29, 1.82) is 0 Å². The molecule has 0 saturated carbocycles. The number of hydrogen-bond acceptors (Lipinski definition) is 6. The van der Waals surface area contributed by atoms with E-state index in [9.17, 15) is 14.4 Å². The number of amides is 1. The normalized spacial score (nSPS) is 11.3. The van der Waals surface area contributed by atoms with Gasteiger partial charge in [0.05, 0.1) is 13.1 Å². The second-order valence-electron chi connectivity index (χ2n) is 8.66. The smallest absolute Gasteiger partial charge is 0.330 e. The summed E-state index contributed by atoms with van der Waals surface area (Å²) in [7, 11) is 1.87. The van der Waals surface area contributed by atoms with Crippen LogP contribution in [-0.4, -0.2) is 40.5 Å². The van der Waals surface area contributed by atoms with Gasteiger partial charge in [-0.25, -0.2) is 4.79 Å². The molecule has 3 aromatic rings. The van der Waals surface area contributed by atoms with Crippen molar-refractivity contribution in [3.8, 4) is 0 Å². The second-order valence-corrected chi connectivity index (χ2v) is 9.66. The van der Waals surface area contributed by atoms with Gasteiger partial charge in [0.2, 0.25) is 5.91 Å². The van der Waals surface area contributed by atoms with E-state index in [1.807, 2.05) is 68.4 Å². The summed E-state index contributed by atoms with van der Waals surface area (Å²) >= 11 is 1.65. The molecule has 0 radical (unpaired) electrons. The van der Waals surface area contributed by atoms with E-state index in [0.717, 1.165) is 5.56 Å². The highest BCUT2D eigenvalue weighted by Gasteiger charge is 2.26. The molecule has 1 amide bonds. The molecule has 176 valence electrons. The minimum Gasteiger partial charge on any atom is -0.383 e. The molecule has 0 fully saturated rings. The van der Waals surface area contributed by atoms with Gasteiger partial charge in [0, 0.05) is 18.0 Å². The lowest BCUT2D eigenvalue weighted by molar-refractivity contribution is -0.119. The average molecular weight is 470 g/mol. The first-order valence-electron chi connectivity index (χ1n) is 10.9. The maximum absolute atomic E-state index is 13.4. The van der Waals surface area contributed by atoms with Crippen LogP contribution in [0.15, 0.2) is 51.4 Å². The van der Waals surface area contributed by atoms with Gasteiger partial charge in [0.15, 0.2) is 5.69 Å². The minimum absolute atomic E-state index is 0.0154. The van der Waals surface area contributed by atoms with Crippen LogP contribution >= 0.6 is 11.3 Å². The number of aromatic nitrogens is 2. The fourth-order valence-corrected chi connectivity index (χ4v) is 4.61. The van der Waals surface area contributed by atoms with E-state index in [2.05, 4.69) is 11.1 Å². The fraction of sp³-hybridized carbons (Fsp3) is 0.375. The number of aryl methyl sites for hydroxylation is 1. The van der Waals surface area contributed by atoms with Crippen LogP contribution < -0.4 is 21.9 Å². The van der Waals surface area contributed by atoms with Crippen molar-refractivity contribution in [2.24, 2.45) is 5.92 Å². The van der Waals surface area contributed by atoms with Crippen LogP contribution in [0.5, 0.6) is 0 Å². The van der Waals surface area contributed by atoms with Crippen molar-refractivity contribution >= 4 is 28.7 Å². The molecule has 2 heterocycles. The first kappa shape index (κ1) is 24.5. The highest BCUT2D eigenvalue weighted by Crippen LogP contribution is 2.21. The van der Waals surface area contributed by atoms with Gasteiger partial charge in [-0.15, -0.1) is 11.3 Å². The first-order valence-corrected chi connectivity index (χ1v) is 11.7. The van der Waals surface area contributed by atoms with Gasteiger partial charge < -0.3 is 10.6 Å². The maximum Gasteiger partial charge on any atom is 0.330 e. The standard InChI is InChI=1S/C24H31N5O3S/c1-16(2)12-28(20(30)15-27(4)14-19-17(3)10-11-33-19)21-22(25)29(24(32)26-23(21)31)13-18-8-6-5-7-9-18/h5-11,16H,12-15,25H2,1-4H3,(H,26,31,32). The lowest BCUT2D eigenvalue weighted by Crippen LogP contribution is -2.46. The number of anilines is 2. The van der Waals surface area contributed by atoms with Crippen LogP contribution in [0.4, 0.5) is 11.5 Å². The van der Waals surface area contributed by atoms with E-state index >= 15 is 0 Å². The molecular weight excluding hydrogens is 438 g/mol. The van der Waals surface area contributed by atoms with Crippen molar-refractivity contribution in [3.05, 3.63) is 78.6 Å². The van der Waals surface area contributed by atoms with E-state index in [4.69, 9.17) is 5.73 Å². The number of hydrogen-bond donors (Lipinski definition) is 2. The molecule has 8 nitrogen and oxygen atoms in total. The largest absolute Gasteiger partial charge is 0.383 e. The number of thiophene rings is 1. The van der Waals surface area contributed by atoms with Crippen molar-refractivity contribution in [2.45, 2.75) is 33.9 Å². The van der Waals surface area contributed by atoms with E-state index in [0.29, 0.717) is 13.1 Å². The average Bonchev–Trinajstić information content (AvgIpc) is 3.14. The Balaban J connectivity index is 1.93. The fourth-order valence-electron chi connectivity index (χ4n) is 3.63. The van der Waals surface area contributed by atoms with Crippen LogP contribution in [0.3, 0.4) is 0 Å². The molecule has 0 atom stereocenters. The molecule has 0 unspecified atom stereocenters. The zero-order valence-electron chi connectivity index (χ0n) is 19.5. The first-order chi connectivity index (χ1) is 15.7.